The molecule has 1 unspecified atom stereocenters. The Balaban J connectivity index is 1.14. The second-order valence-corrected chi connectivity index (χ2v) is 15.5. The molecule has 0 amide bonds. The third kappa shape index (κ3) is 13.1. The van der Waals surface area contributed by atoms with E-state index in [0.717, 1.165) is 12.8 Å². The number of nitrogens with zero attached hydrogens (tertiary/aromatic N) is 3. The third-order valence-corrected chi connectivity index (χ3v) is 10.7. The van der Waals surface area contributed by atoms with Crippen LogP contribution in [-0.2, 0) is 28.7 Å². The maximum atomic E-state index is 12.9. The molecule has 0 bridgehead atoms. The van der Waals surface area contributed by atoms with Gasteiger partial charge in [0.2, 0.25) is 0 Å². The van der Waals surface area contributed by atoms with Gasteiger partial charge in [-0.05, 0) is 37.6 Å². The van der Waals surface area contributed by atoms with Gasteiger partial charge < -0.3 is 35.1 Å². The van der Waals surface area contributed by atoms with Gasteiger partial charge in [-0.2, -0.15) is 5.10 Å². The van der Waals surface area contributed by atoms with E-state index >= 15 is 0 Å². The number of phosphoric acid groups is 1. The van der Waals surface area contributed by atoms with Crippen LogP contribution >= 0.6 is 7.82 Å². The summed E-state index contributed by atoms with van der Waals surface area (Å²) in [6, 6.07) is 12.4. The Labute approximate surface area is 308 Å². The number of anilines is 1. The molecule has 13 nitrogen and oxygen atoms in total. The van der Waals surface area contributed by atoms with Crippen molar-refractivity contribution in [2.45, 2.75) is 140 Å². The predicted octanol–water partition coefficient (Wildman–Crippen LogP) is 7.12. The summed E-state index contributed by atoms with van der Waals surface area (Å²) < 4.78 is 42.9. The standard InChI is InChI=1S/C38H61N4O9P/c1-3-4-5-6-7-8-9-10-11-12-13-14-15-16-20-25-47-26-31(50-30-21-18-17-19-22-30)27-48-52(45,46)49-28-33-35(43)36(44)38(2,51-33)34-24-23-32-37(39)40-29-41-42(32)34/h17-19,21-24,29,31,33,35-36,43-44H,3-16,20,25-28H2,1-2H3,(H,45,46)(H2,39,40,41)/t31-,33+,35+,36+,38-/m0/s1. The lowest BCUT2D eigenvalue weighted by atomic mass is 9.93. The lowest BCUT2D eigenvalue weighted by Crippen LogP contribution is -2.39. The summed E-state index contributed by atoms with van der Waals surface area (Å²) >= 11 is 0. The van der Waals surface area contributed by atoms with Crippen LogP contribution in [0.15, 0.2) is 48.8 Å². The molecule has 4 rings (SSSR count). The first kappa shape index (κ1) is 42.1. The fourth-order valence-corrected chi connectivity index (χ4v) is 7.40. The average molecular weight is 749 g/mol. The Bertz CT molecular complexity index is 1480. The molecule has 0 spiro atoms. The Morgan fingerprint density at radius 1 is 0.885 bits per heavy atom. The maximum Gasteiger partial charge on any atom is 0.472 e. The van der Waals surface area contributed by atoms with E-state index < -0.39 is 44.4 Å². The Hall–Kier alpha value is -2.61. The number of aliphatic hydroxyl groups is 2. The van der Waals surface area contributed by atoms with Crippen LogP contribution in [0.2, 0.25) is 0 Å². The number of unbranched alkanes of at least 4 members (excludes halogenated alkanes) is 14. The summed E-state index contributed by atoms with van der Waals surface area (Å²) in [6.45, 7) is 3.74. The van der Waals surface area contributed by atoms with Crippen LogP contribution in [0.5, 0.6) is 5.75 Å². The molecule has 5 N–H and O–H groups in total. The molecule has 3 aromatic rings. The Kier molecular flexibility index (Phi) is 17.8. The number of para-hydroxylation sites is 1. The average Bonchev–Trinajstić information content (AvgIpc) is 3.68. The van der Waals surface area contributed by atoms with E-state index in [2.05, 4.69) is 17.0 Å². The van der Waals surface area contributed by atoms with Crippen LogP contribution < -0.4 is 10.5 Å². The normalized spacial score (nSPS) is 22.1. The van der Waals surface area contributed by atoms with Crippen molar-refractivity contribution in [1.82, 2.24) is 14.6 Å². The van der Waals surface area contributed by atoms with Crippen LogP contribution in [0.1, 0.15) is 116 Å². The van der Waals surface area contributed by atoms with Crippen molar-refractivity contribution in [3.05, 3.63) is 54.5 Å². The van der Waals surface area contributed by atoms with Crippen LogP contribution in [0.25, 0.3) is 5.52 Å². The van der Waals surface area contributed by atoms with Gasteiger partial charge in [0.05, 0.1) is 25.5 Å². The van der Waals surface area contributed by atoms with Crippen LogP contribution in [0, 0.1) is 0 Å². The van der Waals surface area contributed by atoms with Gasteiger partial charge in [-0.25, -0.2) is 14.1 Å². The number of nitrogen functional groups attached to an aromatic ring is 1. The first-order chi connectivity index (χ1) is 25.1. The summed E-state index contributed by atoms with van der Waals surface area (Å²) in [5.41, 5.74) is 5.43. The maximum absolute atomic E-state index is 12.9. The van der Waals surface area contributed by atoms with E-state index in [-0.39, 0.29) is 19.0 Å². The third-order valence-electron chi connectivity index (χ3n) is 9.72. The fraction of sp³-hybridized carbons (Fsp3) is 0.684. The van der Waals surface area contributed by atoms with Crippen LogP contribution in [0.3, 0.4) is 0 Å². The number of phosphoric ester groups is 1. The molecule has 3 heterocycles. The van der Waals surface area contributed by atoms with Gasteiger partial charge in [0.15, 0.2) is 5.82 Å². The SMILES string of the molecule is CCCCCCCCCCCCCCCCCOC[C@@H](COP(=O)(O)OC[C@H]1O[C@@](C)(c2ccc3c(N)ncnn23)[C@H](O)[C@@H]1O)Oc1ccccc1. The van der Waals surface area contributed by atoms with Crippen molar-refractivity contribution in [1.29, 1.82) is 0 Å². The number of aromatic nitrogens is 3. The first-order valence-corrected chi connectivity index (χ1v) is 20.7. The second kappa shape index (κ2) is 21.9. The van der Waals surface area contributed by atoms with Crippen molar-refractivity contribution in [2.75, 3.05) is 32.2 Å². The number of hydrogen-bond donors (Lipinski definition) is 4. The highest BCUT2D eigenvalue weighted by molar-refractivity contribution is 7.47. The molecule has 6 atom stereocenters. The molecule has 14 heteroatoms. The zero-order chi connectivity index (χ0) is 37.2. The zero-order valence-electron chi connectivity index (χ0n) is 31.0. The summed E-state index contributed by atoms with van der Waals surface area (Å²) in [6.07, 6.45) is 15.9. The summed E-state index contributed by atoms with van der Waals surface area (Å²) in [5.74, 6) is 0.808. The quantitative estimate of drug-likeness (QED) is 0.0459. The Morgan fingerprint density at radius 3 is 2.13 bits per heavy atom. The molecule has 1 saturated heterocycles. The minimum Gasteiger partial charge on any atom is -0.486 e. The van der Waals surface area contributed by atoms with Crippen molar-refractivity contribution < 1.29 is 42.9 Å². The number of hydrogen-bond acceptors (Lipinski definition) is 11. The van der Waals surface area contributed by atoms with Crippen molar-refractivity contribution >= 4 is 19.2 Å². The predicted molar refractivity (Wildman–Crippen MR) is 200 cm³/mol. The molecular formula is C38H61N4O9P. The number of benzene rings is 1. The summed E-state index contributed by atoms with van der Waals surface area (Å²) in [4.78, 5) is 14.5. The minimum atomic E-state index is -4.63. The highest BCUT2D eigenvalue weighted by Crippen LogP contribution is 2.46. The molecule has 52 heavy (non-hydrogen) atoms. The zero-order valence-corrected chi connectivity index (χ0v) is 31.9. The summed E-state index contributed by atoms with van der Waals surface area (Å²) in [7, 11) is -4.63. The molecule has 0 radical (unpaired) electrons. The Morgan fingerprint density at radius 2 is 1.50 bits per heavy atom. The van der Waals surface area contributed by atoms with Gasteiger partial charge in [0.25, 0.3) is 0 Å². The number of aliphatic hydroxyl groups excluding tert-OH is 2. The van der Waals surface area contributed by atoms with E-state index in [1.165, 1.54) is 94.3 Å². The monoisotopic (exact) mass is 748 g/mol. The largest absolute Gasteiger partial charge is 0.486 e. The molecular weight excluding hydrogens is 687 g/mol. The van der Waals surface area contributed by atoms with Gasteiger partial charge in [0, 0.05) is 6.61 Å². The minimum absolute atomic E-state index is 0.155. The molecule has 1 aromatic carbocycles. The van der Waals surface area contributed by atoms with Gasteiger partial charge in [0.1, 0.15) is 47.6 Å². The van der Waals surface area contributed by atoms with E-state index in [9.17, 15) is 19.7 Å². The van der Waals surface area contributed by atoms with E-state index in [0.29, 0.717) is 23.6 Å². The number of rotatable bonds is 27. The van der Waals surface area contributed by atoms with Gasteiger partial charge in [-0.15, -0.1) is 0 Å². The topological polar surface area (TPSA) is 180 Å². The second-order valence-electron chi connectivity index (χ2n) is 14.0. The van der Waals surface area contributed by atoms with Crippen LogP contribution in [0.4, 0.5) is 5.82 Å². The molecule has 1 aliphatic rings. The lowest BCUT2D eigenvalue weighted by Gasteiger charge is -2.27. The number of ether oxygens (including phenoxy) is 3. The van der Waals surface area contributed by atoms with E-state index in [1.54, 1.807) is 31.2 Å². The molecule has 1 aliphatic heterocycles. The number of fused-ring (bicyclic) bond motifs is 1. The molecule has 0 saturated carbocycles. The highest BCUT2D eigenvalue weighted by atomic mass is 31.2. The summed E-state index contributed by atoms with van der Waals surface area (Å²) in [5, 5.41) is 26.0. The first-order valence-electron chi connectivity index (χ1n) is 19.2. The lowest BCUT2D eigenvalue weighted by molar-refractivity contribution is -0.0892. The van der Waals surface area contributed by atoms with Crippen LogP contribution in [-0.4, -0.2) is 80.5 Å². The van der Waals surface area contributed by atoms with E-state index in [4.69, 9.17) is 29.0 Å². The highest BCUT2D eigenvalue weighted by Gasteiger charge is 2.54. The van der Waals surface area contributed by atoms with Gasteiger partial charge in [-0.3, -0.25) is 9.05 Å². The van der Waals surface area contributed by atoms with E-state index in [1.807, 2.05) is 18.2 Å². The molecule has 1 fully saturated rings. The van der Waals surface area contributed by atoms with Crippen molar-refractivity contribution in [3.63, 3.8) is 0 Å². The fourth-order valence-electron chi connectivity index (χ4n) is 6.64. The molecule has 292 valence electrons. The molecule has 0 aliphatic carbocycles. The molecule has 2 aromatic heterocycles. The van der Waals surface area contributed by atoms with Gasteiger partial charge in [-0.1, -0.05) is 115 Å². The van der Waals surface area contributed by atoms with Crippen molar-refractivity contribution in [2.24, 2.45) is 0 Å². The van der Waals surface area contributed by atoms with Crippen molar-refractivity contribution in [3.8, 4) is 5.75 Å². The van der Waals surface area contributed by atoms with Gasteiger partial charge >= 0.3 is 7.82 Å². The number of nitrogens with two attached hydrogens (primary N) is 1. The smallest absolute Gasteiger partial charge is 0.472 e.